The Bertz CT molecular complexity index is 733. The molecule has 0 saturated heterocycles. The molecule has 0 aromatic heterocycles. The topological polar surface area (TPSA) is 49.4 Å². The summed E-state index contributed by atoms with van der Waals surface area (Å²) in [6, 6.07) is 0. The van der Waals surface area contributed by atoms with Gasteiger partial charge in [0.2, 0.25) is 0 Å². The quantitative estimate of drug-likeness (QED) is 0.121. The molecule has 0 spiro atoms. The van der Waals surface area contributed by atoms with E-state index < -0.39 is 11.7 Å². The second-order valence-corrected chi connectivity index (χ2v) is 12.2. The van der Waals surface area contributed by atoms with Crippen molar-refractivity contribution in [2.24, 2.45) is 17.3 Å². The van der Waals surface area contributed by atoms with Gasteiger partial charge >= 0.3 is 5.97 Å². The van der Waals surface area contributed by atoms with E-state index in [2.05, 4.69) is 51.2 Å². The Balaban J connectivity index is 1.63. The van der Waals surface area contributed by atoms with E-state index >= 15 is 0 Å². The van der Waals surface area contributed by atoms with Crippen molar-refractivity contribution >= 4 is 5.97 Å². The number of carbonyl (C=O) groups is 1. The molecule has 2 rings (SSSR count). The Labute approximate surface area is 222 Å². The second-order valence-electron chi connectivity index (χ2n) is 12.2. The van der Waals surface area contributed by atoms with Crippen LogP contribution in [0, 0.1) is 17.3 Å². The van der Waals surface area contributed by atoms with Gasteiger partial charge in [0.25, 0.3) is 0 Å². The molecule has 206 valence electrons. The predicted octanol–water partition coefficient (Wildman–Crippen LogP) is 8.62. The number of unbranched alkanes of at least 4 members (excludes halogenated alkanes) is 8. The van der Waals surface area contributed by atoms with Crippen LogP contribution < -0.4 is 5.11 Å². The molecule has 4 atom stereocenters. The molecule has 2 aliphatic rings. The number of hydrogen-bond acceptors (Lipinski definition) is 3. The van der Waals surface area contributed by atoms with Crippen LogP contribution >= 0.6 is 0 Å². The fourth-order valence-corrected chi connectivity index (χ4v) is 6.38. The summed E-state index contributed by atoms with van der Waals surface area (Å²) in [4.78, 5) is 12.7. The van der Waals surface area contributed by atoms with Gasteiger partial charge in [-0.3, -0.25) is 4.79 Å². The molecule has 1 fully saturated rings. The maximum Gasteiger partial charge on any atom is 0.306 e. The molecule has 3 nitrogen and oxygen atoms in total. The maximum absolute atomic E-state index is 14.2. The lowest BCUT2D eigenvalue weighted by Gasteiger charge is -2.52. The minimum Gasteiger partial charge on any atom is -0.846 e. The molecule has 0 unspecified atom stereocenters. The highest BCUT2D eigenvalue weighted by Gasteiger charge is 2.56. The van der Waals surface area contributed by atoms with Crippen LogP contribution in [0.15, 0.2) is 36.0 Å². The summed E-state index contributed by atoms with van der Waals surface area (Å²) in [5.74, 6) is -0.151. The Kier molecular flexibility index (Phi) is 13.5. The van der Waals surface area contributed by atoms with Gasteiger partial charge in [-0.1, -0.05) is 107 Å². The lowest BCUT2D eigenvalue weighted by atomic mass is 9.69. The minimum absolute atomic E-state index is 0.0450. The zero-order valence-electron chi connectivity index (χ0n) is 24.2. The zero-order chi connectivity index (χ0) is 26.4. The Morgan fingerprint density at radius 2 is 1.69 bits per heavy atom. The third-order valence-corrected chi connectivity index (χ3v) is 8.79. The number of ether oxygens (including phenoxy) is 1. The Morgan fingerprint density at radius 3 is 2.36 bits per heavy atom. The van der Waals surface area contributed by atoms with Crippen LogP contribution in [0.4, 0.5) is 0 Å². The third kappa shape index (κ3) is 9.19. The summed E-state index contributed by atoms with van der Waals surface area (Å²) in [5.41, 5.74) is 0.154. The van der Waals surface area contributed by atoms with E-state index in [1.165, 1.54) is 44.1 Å². The van der Waals surface area contributed by atoms with Crippen LogP contribution in [0.25, 0.3) is 0 Å². The first kappa shape index (κ1) is 30.9. The second kappa shape index (κ2) is 15.8. The molecule has 0 aromatic rings. The number of esters is 1. The number of carbonyl (C=O) groups excluding carboxylic acids is 1. The standard InChI is InChI=1S/C33H55O3/c1-6-7-8-9-10-11-12-13-14-15-16-17-18-19-20-21-31(34)36-30-26-32(5)25-24-28(4)22-23-29(32)33(30,35)27(2)3/h10-11,13-14,24,27,29-30H,6-9,12,15-23,25-26H2,1-5H3/q-1/b11-10-,14-13-/t29-,30+,32+,33-/m1/s1. The lowest BCUT2D eigenvalue weighted by Crippen LogP contribution is -2.61. The van der Waals surface area contributed by atoms with Crippen molar-refractivity contribution in [3.05, 3.63) is 36.0 Å². The molecule has 0 radical (unpaired) electrons. The zero-order valence-corrected chi connectivity index (χ0v) is 24.2. The van der Waals surface area contributed by atoms with Gasteiger partial charge in [0.15, 0.2) is 0 Å². The van der Waals surface area contributed by atoms with Crippen LogP contribution in [-0.2, 0) is 9.53 Å². The summed E-state index contributed by atoms with van der Waals surface area (Å²) >= 11 is 0. The highest BCUT2D eigenvalue weighted by atomic mass is 16.6. The molecule has 0 heterocycles. The van der Waals surface area contributed by atoms with Crippen LogP contribution in [0.5, 0.6) is 0 Å². The van der Waals surface area contributed by atoms with Crippen LogP contribution in [0.1, 0.15) is 137 Å². The molecular weight excluding hydrogens is 444 g/mol. The first-order valence-electron chi connectivity index (χ1n) is 15.1. The van der Waals surface area contributed by atoms with Gasteiger partial charge in [-0.15, -0.1) is 0 Å². The van der Waals surface area contributed by atoms with Gasteiger partial charge in [-0.05, 0) is 82.5 Å². The van der Waals surface area contributed by atoms with E-state index in [4.69, 9.17) is 4.74 Å². The van der Waals surface area contributed by atoms with E-state index in [1.54, 1.807) is 0 Å². The van der Waals surface area contributed by atoms with Crippen molar-refractivity contribution in [2.45, 2.75) is 149 Å². The van der Waals surface area contributed by atoms with E-state index in [9.17, 15) is 9.90 Å². The third-order valence-electron chi connectivity index (χ3n) is 8.79. The SMILES string of the molecule is CCCCC/C=C\C/C=C\CCCCCCCC(=O)O[C@H]1C[C@]2(C)CC=C(C)CC[C@H]2[C@]1([O-])C(C)C. The van der Waals surface area contributed by atoms with Crippen molar-refractivity contribution in [3.8, 4) is 0 Å². The summed E-state index contributed by atoms with van der Waals surface area (Å²) in [7, 11) is 0. The highest BCUT2D eigenvalue weighted by Crippen LogP contribution is 2.57. The highest BCUT2D eigenvalue weighted by molar-refractivity contribution is 5.69. The van der Waals surface area contributed by atoms with Crippen molar-refractivity contribution in [3.63, 3.8) is 0 Å². The van der Waals surface area contributed by atoms with E-state index in [0.29, 0.717) is 12.8 Å². The minimum atomic E-state index is -1.18. The van der Waals surface area contributed by atoms with Crippen LogP contribution in [0.2, 0.25) is 0 Å². The van der Waals surface area contributed by atoms with Gasteiger partial charge < -0.3 is 9.84 Å². The number of fused-ring (bicyclic) bond motifs is 1. The molecule has 1 saturated carbocycles. The summed E-state index contributed by atoms with van der Waals surface area (Å²) in [5, 5.41) is 14.2. The average molecular weight is 500 g/mol. The van der Waals surface area contributed by atoms with Crippen molar-refractivity contribution in [2.75, 3.05) is 0 Å². The molecule has 0 N–H and O–H groups in total. The Morgan fingerprint density at radius 1 is 1.06 bits per heavy atom. The normalized spacial score (nSPS) is 28.6. The summed E-state index contributed by atoms with van der Waals surface area (Å²) in [6.07, 6.45) is 27.8. The molecule has 36 heavy (non-hydrogen) atoms. The Hall–Kier alpha value is -1.35. The van der Waals surface area contributed by atoms with Crippen molar-refractivity contribution in [1.29, 1.82) is 0 Å². The molecule has 0 aliphatic heterocycles. The van der Waals surface area contributed by atoms with Gasteiger partial charge in [-0.25, -0.2) is 0 Å². The van der Waals surface area contributed by atoms with Gasteiger partial charge in [0, 0.05) is 6.42 Å². The largest absolute Gasteiger partial charge is 0.846 e. The number of allylic oxidation sites excluding steroid dienone is 6. The summed E-state index contributed by atoms with van der Waals surface area (Å²) in [6.45, 7) is 10.7. The van der Waals surface area contributed by atoms with Crippen molar-refractivity contribution in [1.82, 2.24) is 0 Å². The summed E-state index contributed by atoms with van der Waals surface area (Å²) < 4.78 is 5.95. The average Bonchev–Trinajstić information content (AvgIpc) is 2.94. The lowest BCUT2D eigenvalue weighted by molar-refractivity contribution is -0.518. The van der Waals surface area contributed by atoms with Crippen LogP contribution in [0.3, 0.4) is 0 Å². The van der Waals surface area contributed by atoms with E-state index in [1.807, 2.05) is 13.8 Å². The van der Waals surface area contributed by atoms with Gasteiger partial charge in [0.05, 0.1) is 6.10 Å². The van der Waals surface area contributed by atoms with E-state index in [0.717, 1.165) is 51.4 Å². The fraction of sp³-hybridized carbons (Fsp3) is 0.788. The molecule has 3 heteroatoms. The fourth-order valence-electron chi connectivity index (χ4n) is 6.38. The number of rotatable bonds is 16. The van der Waals surface area contributed by atoms with Crippen LogP contribution in [-0.4, -0.2) is 17.7 Å². The van der Waals surface area contributed by atoms with Gasteiger partial charge in [0.1, 0.15) is 0 Å². The maximum atomic E-state index is 14.2. The van der Waals surface area contributed by atoms with E-state index in [-0.39, 0.29) is 23.2 Å². The molecule has 2 aliphatic carbocycles. The predicted molar refractivity (Wildman–Crippen MR) is 151 cm³/mol. The molecule has 0 amide bonds. The smallest absolute Gasteiger partial charge is 0.306 e. The molecule has 0 aromatic carbocycles. The number of hydrogen-bond donors (Lipinski definition) is 0. The first-order valence-corrected chi connectivity index (χ1v) is 15.1. The first-order chi connectivity index (χ1) is 17.2. The van der Waals surface area contributed by atoms with Gasteiger partial charge in [-0.2, -0.15) is 0 Å². The van der Waals surface area contributed by atoms with Crippen molar-refractivity contribution < 1.29 is 14.6 Å². The molecule has 0 bridgehead atoms. The molecular formula is C33H55O3-. The monoisotopic (exact) mass is 499 g/mol.